The Morgan fingerprint density at radius 3 is 2.10 bits per heavy atom. The number of unbranched alkanes of at least 4 members (excludes halogenated alkanes) is 4. The highest BCUT2D eigenvalue weighted by atomic mass is 19.1. The molecule has 4 rings (SSSR count). The molecule has 0 saturated heterocycles. The van der Waals surface area contributed by atoms with Crippen molar-refractivity contribution in [3.05, 3.63) is 119 Å². The normalized spacial score (nSPS) is 11.3. The Labute approximate surface area is 292 Å². The highest BCUT2D eigenvalue weighted by Crippen LogP contribution is 2.21. The molecule has 0 spiro atoms. The van der Waals surface area contributed by atoms with Gasteiger partial charge in [-0.05, 0) is 104 Å². The number of ketones is 1. The summed E-state index contributed by atoms with van der Waals surface area (Å²) in [5, 5.41) is 5.49. The summed E-state index contributed by atoms with van der Waals surface area (Å²) in [7, 11) is 1.44. The van der Waals surface area contributed by atoms with Crippen molar-refractivity contribution in [2.45, 2.75) is 64.8 Å². The molecule has 0 fully saturated rings. The maximum absolute atomic E-state index is 13.6. The molecule has 10 heteroatoms. The summed E-state index contributed by atoms with van der Waals surface area (Å²) in [6.45, 7) is 4.22. The largest absolute Gasteiger partial charge is 0.496 e. The molecule has 0 radical (unpaired) electrons. The van der Waals surface area contributed by atoms with Gasteiger partial charge in [0.1, 0.15) is 23.1 Å². The molecule has 4 aromatic rings. The Bertz CT molecular complexity index is 1740. The lowest BCUT2D eigenvalue weighted by Gasteiger charge is -2.17. The van der Waals surface area contributed by atoms with Gasteiger partial charge in [-0.15, -0.1) is 0 Å². The minimum atomic E-state index is -0.798. The standard InChI is InChI=1S/C40H43FN2O7/c1-4-5-6-7-8-23-49-34-20-13-30(14-21-34)40(47)50-35-18-9-28(10-19-35)24-36(27(2)44)43-39(46)29-11-16-33(17-12-29)42-38(45)26-31-25-32(41)15-22-37(31)48-3/h9-22,25,36H,4-8,23-24,26H2,1-3H3,(H,42,45)(H,43,46)/t36-/m0/s1. The molecule has 0 aliphatic carbocycles. The van der Waals surface area contributed by atoms with Gasteiger partial charge in [0.25, 0.3) is 5.91 Å². The van der Waals surface area contributed by atoms with E-state index in [0.29, 0.717) is 46.2 Å². The van der Waals surface area contributed by atoms with Gasteiger partial charge in [-0.25, -0.2) is 9.18 Å². The topological polar surface area (TPSA) is 120 Å². The summed E-state index contributed by atoms with van der Waals surface area (Å²) < 4.78 is 30.1. The fourth-order valence-electron chi connectivity index (χ4n) is 5.18. The van der Waals surface area contributed by atoms with Crippen molar-refractivity contribution in [3.63, 3.8) is 0 Å². The summed E-state index contributed by atoms with van der Waals surface area (Å²) in [6, 6.07) is 22.9. The van der Waals surface area contributed by atoms with E-state index in [9.17, 15) is 23.6 Å². The number of halogens is 1. The van der Waals surface area contributed by atoms with E-state index >= 15 is 0 Å². The number of carbonyl (C=O) groups is 4. The van der Waals surface area contributed by atoms with Crippen LogP contribution in [0.5, 0.6) is 17.2 Å². The Kier molecular flexibility index (Phi) is 14.1. The van der Waals surface area contributed by atoms with Gasteiger partial charge in [0.2, 0.25) is 5.91 Å². The third kappa shape index (κ3) is 11.6. The number of hydrogen-bond donors (Lipinski definition) is 2. The van der Waals surface area contributed by atoms with Gasteiger partial charge in [0.05, 0.1) is 31.7 Å². The first kappa shape index (κ1) is 37.3. The lowest BCUT2D eigenvalue weighted by Crippen LogP contribution is -2.41. The molecule has 2 N–H and O–H groups in total. The van der Waals surface area contributed by atoms with Crippen LogP contribution in [0.4, 0.5) is 10.1 Å². The van der Waals surface area contributed by atoms with Crippen LogP contribution in [0, 0.1) is 5.82 Å². The van der Waals surface area contributed by atoms with Crippen molar-refractivity contribution in [3.8, 4) is 17.2 Å². The van der Waals surface area contributed by atoms with Crippen LogP contribution >= 0.6 is 0 Å². The van der Waals surface area contributed by atoms with Crippen molar-refractivity contribution in [2.75, 3.05) is 19.0 Å². The summed E-state index contributed by atoms with van der Waals surface area (Å²) >= 11 is 0. The molecule has 0 aromatic heterocycles. The lowest BCUT2D eigenvalue weighted by atomic mass is 10.0. The molecule has 262 valence electrons. The molecule has 2 amide bonds. The first-order valence-corrected chi connectivity index (χ1v) is 16.7. The maximum Gasteiger partial charge on any atom is 0.343 e. The van der Waals surface area contributed by atoms with Crippen molar-refractivity contribution >= 4 is 29.3 Å². The molecule has 0 aliphatic rings. The van der Waals surface area contributed by atoms with Gasteiger partial charge in [-0.1, -0.05) is 44.7 Å². The molecule has 0 saturated carbocycles. The zero-order chi connectivity index (χ0) is 35.9. The van der Waals surface area contributed by atoms with Crippen LogP contribution in [-0.4, -0.2) is 43.3 Å². The number of rotatable bonds is 18. The fourth-order valence-corrected chi connectivity index (χ4v) is 5.18. The molecule has 4 aromatic carbocycles. The molecule has 0 heterocycles. The predicted octanol–water partition coefficient (Wildman–Crippen LogP) is 7.51. The van der Waals surface area contributed by atoms with E-state index in [1.807, 2.05) is 0 Å². The van der Waals surface area contributed by atoms with Crippen LogP contribution < -0.4 is 24.8 Å². The average Bonchev–Trinajstić information content (AvgIpc) is 3.10. The molecular formula is C40H43FN2O7. The minimum absolute atomic E-state index is 0.101. The van der Waals surface area contributed by atoms with E-state index in [1.165, 1.54) is 63.6 Å². The van der Waals surface area contributed by atoms with Crippen LogP contribution in [-0.2, 0) is 22.4 Å². The van der Waals surface area contributed by atoms with Crippen molar-refractivity contribution in [2.24, 2.45) is 0 Å². The SMILES string of the molecule is CCCCCCCOc1ccc(C(=O)Oc2ccc(C[C@H](NC(=O)c3ccc(NC(=O)Cc4cc(F)ccc4OC)cc3)C(C)=O)cc2)cc1. The van der Waals surface area contributed by atoms with E-state index in [2.05, 4.69) is 17.6 Å². The molecule has 0 unspecified atom stereocenters. The zero-order valence-electron chi connectivity index (χ0n) is 28.6. The average molecular weight is 683 g/mol. The van der Waals surface area contributed by atoms with E-state index < -0.39 is 23.7 Å². The van der Waals surface area contributed by atoms with Crippen molar-refractivity contribution in [1.82, 2.24) is 5.32 Å². The molecule has 50 heavy (non-hydrogen) atoms. The Morgan fingerprint density at radius 1 is 0.780 bits per heavy atom. The number of anilines is 1. The first-order valence-electron chi connectivity index (χ1n) is 16.7. The molecule has 9 nitrogen and oxygen atoms in total. The minimum Gasteiger partial charge on any atom is -0.496 e. The highest BCUT2D eigenvalue weighted by Gasteiger charge is 2.19. The number of ether oxygens (including phenoxy) is 3. The second-order valence-corrected chi connectivity index (χ2v) is 11.9. The second kappa shape index (κ2) is 18.9. The lowest BCUT2D eigenvalue weighted by molar-refractivity contribution is -0.119. The second-order valence-electron chi connectivity index (χ2n) is 11.9. The van der Waals surface area contributed by atoms with Crippen LogP contribution in [0.1, 0.15) is 77.8 Å². The van der Waals surface area contributed by atoms with Crippen LogP contribution in [0.15, 0.2) is 91.0 Å². The number of nitrogens with one attached hydrogen (secondary N) is 2. The number of benzene rings is 4. The van der Waals surface area contributed by atoms with E-state index in [-0.39, 0.29) is 24.5 Å². The predicted molar refractivity (Wildman–Crippen MR) is 189 cm³/mol. The van der Waals surface area contributed by atoms with Gasteiger partial charge in [-0.2, -0.15) is 0 Å². The Hall–Kier alpha value is -5.51. The smallest absolute Gasteiger partial charge is 0.343 e. The third-order valence-electron chi connectivity index (χ3n) is 8.00. The molecule has 1 atom stereocenters. The van der Waals surface area contributed by atoms with E-state index in [1.54, 1.807) is 60.7 Å². The maximum atomic E-state index is 13.6. The van der Waals surface area contributed by atoms with Gasteiger partial charge < -0.3 is 24.8 Å². The number of carbonyl (C=O) groups excluding carboxylic acids is 4. The van der Waals surface area contributed by atoms with Crippen LogP contribution in [0.2, 0.25) is 0 Å². The number of hydrogen-bond acceptors (Lipinski definition) is 7. The number of methoxy groups -OCH3 is 1. The zero-order valence-corrected chi connectivity index (χ0v) is 28.6. The number of esters is 1. The molecule has 0 bridgehead atoms. The fraction of sp³-hybridized carbons (Fsp3) is 0.300. The molecule has 0 aliphatic heterocycles. The van der Waals surface area contributed by atoms with E-state index in [4.69, 9.17) is 14.2 Å². The third-order valence-corrected chi connectivity index (χ3v) is 8.00. The highest BCUT2D eigenvalue weighted by molar-refractivity contribution is 5.98. The van der Waals surface area contributed by atoms with E-state index in [0.717, 1.165) is 18.4 Å². The molecular weight excluding hydrogens is 639 g/mol. The first-order chi connectivity index (χ1) is 24.1. The van der Waals surface area contributed by atoms with Gasteiger partial charge in [0.15, 0.2) is 5.78 Å². The number of amides is 2. The summed E-state index contributed by atoms with van der Waals surface area (Å²) in [4.78, 5) is 50.7. The number of Topliss-reactive ketones (excluding diaryl/α,β-unsaturated/α-hetero) is 1. The van der Waals surface area contributed by atoms with Gasteiger partial charge in [-0.3, -0.25) is 14.4 Å². The van der Waals surface area contributed by atoms with Crippen LogP contribution in [0.3, 0.4) is 0 Å². The van der Waals surface area contributed by atoms with Crippen LogP contribution in [0.25, 0.3) is 0 Å². The summed E-state index contributed by atoms with van der Waals surface area (Å²) in [5.41, 5.74) is 2.30. The quantitative estimate of drug-likeness (QED) is 0.0633. The van der Waals surface area contributed by atoms with Gasteiger partial charge >= 0.3 is 5.97 Å². The Balaban J connectivity index is 1.25. The van der Waals surface area contributed by atoms with Crippen molar-refractivity contribution < 1.29 is 37.8 Å². The van der Waals surface area contributed by atoms with Gasteiger partial charge in [0, 0.05) is 16.8 Å². The monoisotopic (exact) mass is 682 g/mol. The van der Waals surface area contributed by atoms with Crippen molar-refractivity contribution in [1.29, 1.82) is 0 Å². The summed E-state index contributed by atoms with van der Waals surface area (Å²) in [5.74, 6) is -0.596. The Morgan fingerprint density at radius 2 is 1.44 bits per heavy atom. The summed E-state index contributed by atoms with van der Waals surface area (Å²) in [6.07, 6.45) is 5.90.